The molecule has 4 heteroatoms. The van der Waals surface area contributed by atoms with Crippen molar-refractivity contribution in [3.8, 4) is 0 Å². The molecule has 0 atom stereocenters. The van der Waals surface area contributed by atoms with Crippen molar-refractivity contribution in [3.63, 3.8) is 0 Å². The van der Waals surface area contributed by atoms with Gasteiger partial charge in [0.05, 0.1) is 7.11 Å². The Labute approximate surface area is 143 Å². The molecular weight excluding hydrogens is 290 g/mol. The number of ether oxygens (including phenoxy) is 1. The van der Waals surface area contributed by atoms with Crippen LogP contribution in [0.3, 0.4) is 0 Å². The third kappa shape index (κ3) is 12.1. The Morgan fingerprint density at radius 3 is 1.65 bits per heavy atom. The summed E-state index contributed by atoms with van der Waals surface area (Å²) in [5.74, 6) is -0.102. The summed E-state index contributed by atoms with van der Waals surface area (Å²) in [4.78, 5) is 24.8. The van der Waals surface area contributed by atoms with Crippen LogP contribution in [-0.2, 0) is 9.53 Å². The van der Waals surface area contributed by atoms with Gasteiger partial charge in [-0.2, -0.15) is 0 Å². The minimum Gasteiger partial charge on any atom is -0.452 e. The highest BCUT2D eigenvalue weighted by Crippen LogP contribution is 2.12. The van der Waals surface area contributed by atoms with Crippen LogP contribution in [0.2, 0.25) is 0 Å². The van der Waals surface area contributed by atoms with Gasteiger partial charge in [-0.25, -0.2) is 9.69 Å². The number of nitrogens with zero attached hydrogens (tertiary/aromatic N) is 1. The molecular formula is C19H37NO3. The number of methoxy groups -OCH3 is 1. The molecule has 0 saturated carbocycles. The maximum atomic E-state index is 12.0. The van der Waals surface area contributed by atoms with E-state index in [1.54, 1.807) is 0 Å². The molecule has 0 spiro atoms. The van der Waals surface area contributed by atoms with Gasteiger partial charge in [0.25, 0.3) is 0 Å². The molecule has 0 aromatic carbocycles. The molecule has 0 aromatic heterocycles. The second-order valence-corrected chi connectivity index (χ2v) is 6.30. The Balaban J connectivity index is 3.55. The Morgan fingerprint density at radius 2 is 1.22 bits per heavy atom. The monoisotopic (exact) mass is 327 g/mol. The number of carbonyl (C=O) groups excluding carboxylic acids is 2. The fourth-order valence-corrected chi connectivity index (χ4v) is 2.73. The molecule has 0 saturated heterocycles. The molecule has 0 radical (unpaired) electrons. The van der Waals surface area contributed by atoms with Gasteiger partial charge in [-0.05, 0) is 12.8 Å². The normalized spacial score (nSPS) is 10.6. The van der Waals surface area contributed by atoms with E-state index >= 15 is 0 Å². The van der Waals surface area contributed by atoms with Gasteiger partial charge in [0.2, 0.25) is 5.91 Å². The van der Waals surface area contributed by atoms with Crippen molar-refractivity contribution in [2.45, 2.75) is 97.3 Å². The Hall–Kier alpha value is -1.06. The number of rotatable bonds is 14. The van der Waals surface area contributed by atoms with Gasteiger partial charge in [0, 0.05) is 13.0 Å². The van der Waals surface area contributed by atoms with Gasteiger partial charge >= 0.3 is 6.09 Å². The van der Waals surface area contributed by atoms with Crippen LogP contribution in [-0.4, -0.2) is 30.6 Å². The van der Waals surface area contributed by atoms with Gasteiger partial charge < -0.3 is 4.74 Å². The number of hydrogen-bond acceptors (Lipinski definition) is 3. The average molecular weight is 328 g/mol. The molecule has 0 heterocycles. The van der Waals surface area contributed by atoms with Crippen molar-refractivity contribution < 1.29 is 14.3 Å². The number of carbonyl (C=O) groups is 2. The smallest absolute Gasteiger partial charge is 0.416 e. The van der Waals surface area contributed by atoms with Crippen molar-refractivity contribution in [1.82, 2.24) is 4.90 Å². The van der Waals surface area contributed by atoms with E-state index in [-0.39, 0.29) is 5.91 Å². The van der Waals surface area contributed by atoms with Crippen LogP contribution >= 0.6 is 0 Å². The first-order valence-corrected chi connectivity index (χ1v) is 9.55. The minimum atomic E-state index is -0.528. The van der Waals surface area contributed by atoms with Crippen LogP contribution in [0.5, 0.6) is 0 Å². The van der Waals surface area contributed by atoms with Gasteiger partial charge in [-0.3, -0.25) is 4.79 Å². The summed E-state index contributed by atoms with van der Waals surface area (Å²) in [6, 6.07) is 0. The van der Waals surface area contributed by atoms with E-state index in [9.17, 15) is 9.59 Å². The summed E-state index contributed by atoms with van der Waals surface area (Å²) in [6.45, 7) is 4.65. The van der Waals surface area contributed by atoms with Gasteiger partial charge in [0.1, 0.15) is 0 Å². The molecule has 136 valence electrons. The second-order valence-electron chi connectivity index (χ2n) is 6.30. The average Bonchev–Trinajstić information content (AvgIpc) is 2.56. The molecule has 2 amide bonds. The summed E-state index contributed by atoms with van der Waals surface area (Å²) >= 11 is 0. The zero-order valence-corrected chi connectivity index (χ0v) is 15.6. The molecule has 0 aromatic rings. The zero-order chi connectivity index (χ0) is 17.3. The van der Waals surface area contributed by atoms with E-state index in [1.807, 2.05) is 6.92 Å². The fraction of sp³-hybridized carbons (Fsp3) is 0.895. The molecule has 0 N–H and O–H groups in total. The van der Waals surface area contributed by atoms with Crippen LogP contribution < -0.4 is 0 Å². The van der Waals surface area contributed by atoms with Crippen LogP contribution in [0, 0.1) is 0 Å². The van der Waals surface area contributed by atoms with Crippen molar-refractivity contribution >= 4 is 12.0 Å². The molecule has 0 fully saturated rings. The first-order chi connectivity index (χ1) is 11.2. The maximum absolute atomic E-state index is 12.0. The lowest BCUT2D eigenvalue weighted by Gasteiger charge is -2.18. The first-order valence-electron chi connectivity index (χ1n) is 9.55. The van der Waals surface area contributed by atoms with Crippen LogP contribution in [0.4, 0.5) is 4.79 Å². The number of imide groups is 1. The summed E-state index contributed by atoms with van der Waals surface area (Å²) < 4.78 is 4.66. The Morgan fingerprint density at radius 1 is 0.739 bits per heavy atom. The predicted octanol–water partition coefficient (Wildman–Crippen LogP) is 5.69. The molecule has 0 aliphatic rings. The molecule has 0 aliphatic carbocycles. The third-order valence-corrected chi connectivity index (χ3v) is 4.14. The van der Waals surface area contributed by atoms with E-state index in [0.29, 0.717) is 13.0 Å². The number of unbranched alkanes of at least 4 members (excludes halogenated alkanes) is 10. The van der Waals surface area contributed by atoms with E-state index in [1.165, 1.54) is 69.8 Å². The Bertz CT molecular complexity index is 305. The number of amides is 2. The third-order valence-electron chi connectivity index (χ3n) is 4.14. The predicted molar refractivity (Wildman–Crippen MR) is 95.5 cm³/mol. The van der Waals surface area contributed by atoms with Crippen LogP contribution in [0.15, 0.2) is 0 Å². The van der Waals surface area contributed by atoms with Crippen molar-refractivity contribution in [2.75, 3.05) is 13.7 Å². The lowest BCUT2D eigenvalue weighted by molar-refractivity contribution is -0.129. The first kappa shape index (κ1) is 21.9. The van der Waals surface area contributed by atoms with E-state index in [4.69, 9.17) is 0 Å². The van der Waals surface area contributed by atoms with Gasteiger partial charge in [-0.15, -0.1) is 0 Å². The highest BCUT2D eigenvalue weighted by atomic mass is 16.5. The second kappa shape index (κ2) is 15.8. The molecule has 0 aliphatic heterocycles. The summed E-state index contributed by atoms with van der Waals surface area (Å²) in [5.41, 5.74) is 0. The fourth-order valence-electron chi connectivity index (χ4n) is 2.73. The zero-order valence-electron chi connectivity index (χ0n) is 15.6. The molecule has 0 bridgehead atoms. The van der Waals surface area contributed by atoms with E-state index in [0.717, 1.165) is 19.3 Å². The SMILES string of the molecule is CCCCCCCCCCCCCC(=O)N(CCC)C(=O)OC. The largest absolute Gasteiger partial charge is 0.452 e. The molecule has 23 heavy (non-hydrogen) atoms. The summed E-state index contributed by atoms with van der Waals surface area (Å²) in [7, 11) is 1.32. The van der Waals surface area contributed by atoms with Crippen LogP contribution in [0.25, 0.3) is 0 Å². The Kier molecular flexibility index (Phi) is 15.1. The standard InChI is InChI=1S/C19H37NO3/c1-4-6-7-8-9-10-11-12-13-14-15-16-18(21)20(17-5-2)19(22)23-3/h4-17H2,1-3H3. The van der Waals surface area contributed by atoms with Gasteiger partial charge in [-0.1, -0.05) is 78.1 Å². The van der Waals surface area contributed by atoms with Crippen molar-refractivity contribution in [2.24, 2.45) is 0 Å². The summed E-state index contributed by atoms with van der Waals surface area (Å²) in [6.07, 6.45) is 14.5. The minimum absolute atomic E-state index is 0.102. The molecule has 0 unspecified atom stereocenters. The highest BCUT2D eigenvalue weighted by Gasteiger charge is 2.20. The topological polar surface area (TPSA) is 46.6 Å². The molecule has 4 nitrogen and oxygen atoms in total. The maximum Gasteiger partial charge on any atom is 0.416 e. The lowest BCUT2D eigenvalue weighted by atomic mass is 10.1. The van der Waals surface area contributed by atoms with Crippen molar-refractivity contribution in [3.05, 3.63) is 0 Å². The van der Waals surface area contributed by atoms with E-state index < -0.39 is 6.09 Å². The quantitative estimate of drug-likeness (QED) is 0.385. The number of hydrogen-bond donors (Lipinski definition) is 0. The highest BCUT2D eigenvalue weighted by molar-refractivity contribution is 5.91. The summed E-state index contributed by atoms with van der Waals surface area (Å²) in [5, 5.41) is 0. The van der Waals surface area contributed by atoms with Crippen LogP contribution in [0.1, 0.15) is 97.3 Å². The lowest BCUT2D eigenvalue weighted by Crippen LogP contribution is -2.37. The van der Waals surface area contributed by atoms with Gasteiger partial charge in [0.15, 0.2) is 0 Å². The van der Waals surface area contributed by atoms with Crippen molar-refractivity contribution in [1.29, 1.82) is 0 Å². The molecule has 0 rings (SSSR count). The van der Waals surface area contributed by atoms with E-state index in [2.05, 4.69) is 11.7 Å².